The summed E-state index contributed by atoms with van der Waals surface area (Å²) >= 11 is 0. The number of carbonyl (C=O) groups excluding carboxylic acids is 2. The SMILES string of the molecule is COc1ccc2cc3n(c2c1)CC(C)(C(=O)NC1CCCC1)N(Cc1ccccc1F)C3=O. The summed E-state index contributed by atoms with van der Waals surface area (Å²) in [5.74, 6) is -0.195. The highest BCUT2D eigenvalue weighted by Crippen LogP contribution is 2.35. The van der Waals surface area contributed by atoms with Gasteiger partial charge >= 0.3 is 0 Å². The summed E-state index contributed by atoms with van der Waals surface area (Å²) in [6.07, 6.45) is 4.06. The van der Waals surface area contributed by atoms with Crippen molar-refractivity contribution >= 4 is 22.7 Å². The van der Waals surface area contributed by atoms with Crippen LogP contribution in [0.5, 0.6) is 5.75 Å². The Balaban J connectivity index is 1.60. The number of amides is 2. The Labute approximate surface area is 192 Å². The highest BCUT2D eigenvalue weighted by Gasteiger charge is 2.48. The number of aromatic nitrogens is 1. The van der Waals surface area contributed by atoms with Crippen molar-refractivity contribution in [2.45, 2.75) is 57.3 Å². The quantitative estimate of drug-likeness (QED) is 0.633. The maximum absolute atomic E-state index is 14.5. The summed E-state index contributed by atoms with van der Waals surface area (Å²) in [5, 5.41) is 4.06. The Morgan fingerprint density at radius 2 is 1.94 bits per heavy atom. The average molecular weight is 450 g/mol. The molecule has 1 aliphatic heterocycles. The molecule has 3 aromatic rings. The van der Waals surface area contributed by atoms with Crippen LogP contribution in [0.25, 0.3) is 10.9 Å². The van der Waals surface area contributed by atoms with E-state index in [0.29, 0.717) is 17.0 Å². The predicted octanol–water partition coefficient (Wildman–Crippen LogP) is 4.26. The first-order chi connectivity index (χ1) is 15.9. The molecule has 0 saturated heterocycles. The van der Waals surface area contributed by atoms with Crippen molar-refractivity contribution in [3.05, 3.63) is 65.6 Å². The highest BCUT2D eigenvalue weighted by molar-refractivity contribution is 6.03. The van der Waals surface area contributed by atoms with E-state index in [1.807, 2.05) is 28.8 Å². The summed E-state index contributed by atoms with van der Waals surface area (Å²) in [6, 6.07) is 14.0. The van der Waals surface area contributed by atoms with E-state index in [1.54, 1.807) is 32.2 Å². The van der Waals surface area contributed by atoms with Crippen LogP contribution in [0.3, 0.4) is 0 Å². The van der Waals surface area contributed by atoms with Gasteiger partial charge in [0.25, 0.3) is 5.91 Å². The number of nitrogens with zero attached hydrogens (tertiary/aromatic N) is 2. The van der Waals surface area contributed by atoms with Crippen LogP contribution in [-0.4, -0.2) is 40.0 Å². The molecule has 1 atom stereocenters. The van der Waals surface area contributed by atoms with Gasteiger partial charge < -0.3 is 19.5 Å². The number of hydrogen-bond donors (Lipinski definition) is 1. The van der Waals surface area contributed by atoms with Gasteiger partial charge in [0.05, 0.1) is 25.7 Å². The third-order valence-corrected chi connectivity index (χ3v) is 7.10. The minimum absolute atomic E-state index is 0.0188. The lowest BCUT2D eigenvalue weighted by molar-refractivity contribution is -0.133. The maximum Gasteiger partial charge on any atom is 0.271 e. The zero-order valence-corrected chi connectivity index (χ0v) is 18.9. The molecule has 1 aliphatic carbocycles. The third kappa shape index (κ3) is 3.65. The number of hydrogen-bond acceptors (Lipinski definition) is 3. The van der Waals surface area contributed by atoms with Gasteiger partial charge in [-0.2, -0.15) is 0 Å². The van der Waals surface area contributed by atoms with E-state index in [4.69, 9.17) is 4.74 Å². The first-order valence-electron chi connectivity index (χ1n) is 11.4. The van der Waals surface area contributed by atoms with Crippen LogP contribution >= 0.6 is 0 Å². The molecule has 7 heteroatoms. The summed E-state index contributed by atoms with van der Waals surface area (Å²) in [6.45, 7) is 2.08. The smallest absolute Gasteiger partial charge is 0.271 e. The molecule has 2 heterocycles. The molecule has 2 aliphatic rings. The number of carbonyl (C=O) groups is 2. The molecule has 2 aromatic carbocycles. The van der Waals surface area contributed by atoms with Crippen LogP contribution in [0.4, 0.5) is 4.39 Å². The average Bonchev–Trinajstić information content (AvgIpc) is 3.45. The summed E-state index contributed by atoms with van der Waals surface area (Å²) < 4.78 is 21.8. The van der Waals surface area contributed by atoms with Crippen molar-refractivity contribution in [2.75, 3.05) is 7.11 Å². The number of methoxy groups -OCH3 is 1. The zero-order chi connectivity index (χ0) is 23.2. The van der Waals surface area contributed by atoms with Crippen LogP contribution in [0, 0.1) is 5.82 Å². The van der Waals surface area contributed by atoms with E-state index in [9.17, 15) is 14.0 Å². The first kappa shape index (κ1) is 21.5. The largest absolute Gasteiger partial charge is 0.497 e. The molecule has 0 radical (unpaired) electrons. The third-order valence-electron chi connectivity index (χ3n) is 7.10. The number of halogens is 1. The van der Waals surface area contributed by atoms with Gasteiger partial charge in [-0.3, -0.25) is 9.59 Å². The van der Waals surface area contributed by atoms with Crippen LogP contribution in [0.2, 0.25) is 0 Å². The molecule has 0 spiro atoms. The molecule has 1 N–H and O–H groups in total. The summed E-state index contributed by atoms with van der Waals surface area (Å²) in [4.78, 5) is 29.0. The van der Waals surface area contributed by atoms with E-state index in [-0.39, 0.29) is 36.8 Å². The highest BCUT2D eigenvalue weighted by atomic mass is 19.1. The minimum atomic E-state index is -1.18. The fraction of sp³-hybridized carbons (Fsp3) is 0.385. The second-order valence-electron chi connectivity index (χ2n) is 9.25. The van der Waals surface area contributed by atoms with Gasteiger partial charge in [-0.15, -0.1) is 0 Å². The molecule has 172 valence electrons. The molecule has 0 bridgehead atoms. The monoisotopic (exact) mass is 449 g/mol. The molecule has 33 heavy (non-hydrogen) atoms. The molecular weight excluding hydrogens is 421 g/mol. The number of ether oxygens (including phenoxy) is 1. The van der Waals surface area contributed by atoms with Crippen molar-refractivity contribution in [1.82, 2.24) is 14.8 Å². The van der Waals surface area contributed by atoms with E-state index in [0.717, 1.165) is 36.6 Å². The second-order valence-corrected chi connectivity index (χ2v) is 9.25. The van der Waals surface area contributed by atoms with Gasteiger partial charge in [0.2, 0.25) is 5.91 Å². The van der Waals surface area contributed by atoms with Crippen molar-refractivity contribution in [3.63, 3.8) is 0 Å². The van der Waals surface area contributed by atoms with Gasteiger partial charge in [-0.05, 0) is 44.0 Å². The van der Waals surface area contributed by atoms with Crippen molar-refractivity contribution in [2.24, 2.45) is 0 Å². The molecule has 2 amide bonds. The number of nitrogens with one attached hydrogen (secondary N) is 1. The number of rotatable bonds is 5. The first-order valence-corrected chi connectivity index (χ1v) is 11.4. The van der Waals surface area contributed by atoms with Crippen molar-refractivity contribution in [3.8, 4) is 5.75 Å². The fourth-order valence-corrected chi connectivity index (χ4v) is 5.11. The normalized spacial score (nSPS) is 20.8. The van der Waals surface area contributed by atoms with Crippen molar-refractivity contribution < 1.29 is 18.7 Å². The zero-order valence-electron chi connectivity index (χ0n) is 18.9. The standard InChI is InChI=1S/C26H28FN3O3/c1-26(25(32)28-19-8-4-5-9-19)16-29-22-14-20(33-2)12-11-17(22)13-23(29)24(31)30(26)15-18-7-3-6-10-21(18)27/h3,6-7,10-14,19H,4-5,8-9,15-16H2,1-2H3,(H,28,32). The molecule has 5 rings (SSSR count). The van der Waals surface area contributed by atoms with Gasteiger partial charge in [0.1, 0.15) is 22.8 Å². The Kier molecular flexibility index (Phi) is 5.35. The molecular formula is C26H28FN3O3. The van der Waals surface area contributed by atoms with Crippen LogP contribution in [0.1, 0.15) is 48.7 Å². The second kappa shape index (κ2) is 8.21. The van der Waals surface area contributed by atoms with Crippen LogP contribution in [0.15, 0.2) is 48.5 Å². The number of fused-ring (bicyclic) bond motifs is 3. The minimum Gasteiger partial charge on any atom is -0.497 e. The Morgan fingerprint density at radius 3 is 2.67 bits per heavy atom. The molecule has 1 aromatic heterocycles. The Morgan fingerprint density at radius 1 is 1.18 bits per heavy atom. The molecule has 1 unspecified atom stereocenters. The van der Waals surface area contributed by atoms with E-state index < -0.39 is 5.54 Å². The van der Waals surface area contributed by atoms with Gasteiger partial charge in [-0.1, -0.05) is 31.0 Å². The van der Waals surface area contributed by atoms with Gasteiger partial charge in [0, 0.05) is 23.1 Å². The van der Waals surface area contributed by atoms with Gasteiger partial charge in [-0.25, -0.2) is 4.39 Å². The molecule has 1 saturated carbocycles. The van der Waals surface area contributed by atoms with Gasteiger partial charge in [0.15, 0.2) is 0 Å². The lowest BCUT2D eigenvalue weighted by Crippen LogP contribution is -2.64. The van der Waals surface area contributed by atoms with Crippen molar-refractivity contribution in [1.29, 1.82) is 0 Å². The molecule has 1 fully saturated rings. The number of benzene rings is 2. The van der Waals surface area contributed by atoms with E-state index in [2.05, 4.69) is 5.32 Å². The van der Waals surface area contributed by atoms with Crippen LogP contribution < -0.4 is 10.1 Å². The van der Waals surface area contributed by atoms with Crippen LogP contribution in [-0.2, 0) is 17.9 Å². The molecule has 6 nitrogen and oxygen atoms in total. The Bertz CT molecular complexity index is 1230. The summed E-state index contributed by atoms with van der Waals surface area (Å²) in [5.41, 5.74) is 0.533. The lowest BCUT2D eigenvalue weighted by Gasteiger charge is -2.44. The maximum atomic E-state index is 14.5. The van der Waals surface area contributed by atoms with E-state index >= 15 is 0 Å². The predicted molar refractivity (Wildman–Crippen MR) is 124 cm³/mol. The lowest BCUT2D eigenvalue weighted by atomic mass is 9.93. The fourth-order valence-electron chi connectivity index (χ4n) is 5.11. The summed E-state index contributed by atoms with van der Waals surface area (Å²) in [7, 11) is 1.60. The Hall–Kier alpha value is -3.35. The van der Waals surface area contributed by atoms with E-state index in [1.165, 1.54) is 11.0 Å². The topological polar surface area (TPSA) is 63.6 Å².